The van der Waals surface area contributed by atoms with Gasteiger partial charge in [-0.3, -0.25) is 0 Å². The van der Waals surface area contributed by atoms with Crippen molar-refractivity contribution in [3.05, 3.63) is 15.6 Å². The Bertz CT molecular complexity index is 320. The summed E-state index contributed by atoms with van der Waals surface area (Å²) in [6.45, 7) is 3.85. The Labute approximate surface area is 99.6 Å². The maximum absolute atomic E-state index is 5.76. The molecule has 2 heterocycles. The van der Waals surface area contributed by atoms with Crippen molar-refractivity contribution in [2.45, 2.75) is 32.1 Å². The highest BCUT2D eigenvalue weighted by Crippen LogP contribution is 2.31. The number of ether oxygens (including phenoxy) is 1. The summed E-state index contributed by atoms with van der Waals surface area (Å²) in [4.78, 5) is 6.01. The number of halogens is 1. The van der Waals surface area contributed by atoms with Gasteiger partial charge < -0.3 is 4.74 Å². The molecule has 15 heavy (non-hydrogen) atoms. The van der Waals surface area contributed by atoms with E-state index in [0.29, 0.717) is 11.8 Å². The molecule has 0 saturated carbocycles. The lowest BCUT2D eigenvalue weighted by Gasteiger charge is -2.19. The number of rotatable bonds is 3. The molecule has 1 aromatic heterocycles. The first-order valence-electron chi connectivity index (χ1n) is 5.41. The van der Waals surface area contributed by atoms with E-state index in [1.54, 1.807) is 0 Å². The molecule has 1 aromatic rings. The Balaban J connectivity index is 2.10. The van der Waals surface area contributed by atoms with Gasteiger partial charge in [0.05, 0.1) is 10.7 Å². The van der Waals surface area contributed by atoms with Crippen LogP contribution in [0.4, 0.5) is 0 Å². The van der Waals surface area contributed by atoms with E-state index in [9.17, 15) is 0 Å². The van der Waals surface area contributed by atoms with Gasteiger partial charge in [0, 0.05) is 29.9 Å². The van der Waals surface area contributed by atoms with Crippen LogP contribution < -0.4 is 0 Å². The van der Waals surface area contributed by atoms with E-state index in [2.05, 4.69) is 11.9 Å². The van der Waals surface area contributed by atoms with Crippen LogP contribution in [0.5, 0.6) is 0 Å². The van der Waals surface area contributed by atoms with Crippen molar-refractivity contribution in [2.75, 3.05) is 19.1 Å². The summed E-state index contributed by atoms with van der Waals surface area (Å²) in [5, 5.41) is 1.29. The van der Waals surface area contributed by atoms with Gasteiger partial charge in [-0.25, -0.2) is 4.98 Å². The predicted octanol–water partition coefficient (Wildman–Crippen LogP) is 3.13. The summed E-state index contributed by atoms with van der Waals surface area (Å²) < 4.78 is 5.36. The van der Waals surface area contributed by atoms with Gasteiger partial charge in [0.2, 0.25) is 0 Å². The fourth-order valence-electron chi connectivity index (χ4n) is 1.89. The molecule has 0 atom stereocenters. The van der Waals surface area contributed by atoms with Crippen LogP contribution in [-0.2, 0) is 11.2 Å². The van der Waals surface area contributed by atoms with Gasteiger partial charge in [-0.2, -0.15) is 0 Å². The van der Waals surface area contributed by atoms with Crippen molar-refractivity contribution in [2.24, 2.45) is 0 Å². The Hall–Kier alpha value is -0.120. The van der Waals surface area contributed by atoms with Crippen LogP contribution >= 0.6 is 22.9 Å². The van der Waals surface area contributed by atoms with Gasteiger partial charge in [-0.1, -0.05) is 0 Å². The SMILES string of the molecule is Cc1nc(C2CCOCC2)sc1CCCl. The van der Waals surface area contributed by atoms with Crippen molar-refractivity contribution in [1.82, 2.24) is 4.98 Å². The lowest BCUT2D eigenvalue weighted by atomic mass is 10.0. The molecule has 0 N–H and O–H groups in total. The van der Waals surface area contributed by atoms with Crippen LogP contribution in [0.2, 0.25) is 0 Å². The predicted molar refractivity (Wildman–Crippen MR) is 64.1 cm³/mol. The van der Waals surface area contributed by atoms with Crippen molar-refractivity contribution in [3.63, 3.8) is 0 Å². The van der Waals surface area contributed by atoms with Crippen LogP contribution in [0, 0.1) is 6.92 Å². The van der Waals surface area contributed by atoms with Crippen LogP contribution in [0.25, 0.3) is 0 Å². The van der Waals surface area contributed by atoms with Crippen molar-refractivity contribution < 1.29 is 4.74 Å². The second kappa shape index (κ2) is 5.28. The van der Waals surface area contributed by atoms with Gasteiger partial charge >= 0.3 is 0 Å². The normalized spacial score (nSPS) is 18.3. The first kappa shape index (κ1) is 11.4. The highest BCUT2D eigenvalue weighted by Gasteiger charge is 2.20. The molecule has 0 aliphatic carbocycles. The zero-order valence-electron chi connectivity index (χ0n) is 8.96. The van der Waals surface area contributed by atoms with E-state index in [0.717, 1.165) is 32.5 Å². The molecule has 0 aromatic carbocycles. The third-order valence-electron chi connectivity index (χ3n) is 2.80. The average molecular weight is 246 g/mol. The third kappa shape index (κ3) is 2.71. The van der Waals surface area contributed by atoms with E-state index in [1.807, 2.05) is 11.3 Å². The van der Waals surface area contributed by atoms with Gasteiger partial charge in [0.1, 0.15) is 0 Å². The fourth-order valence-corrected chi connectivity index (χ4v) is 3.42. The second-order valence-electron chi connectivity index (χ2n) is 3.89. The zero-order chi connectivity index (χ0) is 10.7. The maximum atomic E-state index is 5.76. The molecule has 1 saturated heterocycles. The minimum absolute atomic E-state index is 0.617. The Kier molecular flexibility index (Phi) is 4.00. The molecule has 0 unspecified atom stereocenters. The van der Waals surface area contributed by atoms with E-state index in [1.165, 1.54) is 15.6 Å². The minimum Gasteiger partial charge on any atom is -0.381 e. The molecular formula is C11H16ClNOS. The monoisotopic (exact) mass is 245 g/mol. The number of aromatic nitrogens is 1. The average Bonchev–Trinajstić information content (AvgIpc) is 2.63. The summed E-state index contributed by atoms with van der Waals surface area (Å²) in [6.07, 6.45) is 3.19. The molecule has 0 bridgehead atoms. The number of hydrogen-bond donors (Lipinski definition) is 0. The second-order valence-corrected chi connectivity index (χ2v) is 5.38. The molecule has 1 aliphatic rings. The van der Waals surface area contributed by atoms with Gasteiger partial charge in [-0.15, -0.1) is 22.9 Å². The topological polar surface area (TPSA) is 22.1 Å². The lowest BCUT2D eigenvalue weighted by Crippen LogP contribution is -2.13. The Morgan fingerprint density at radius 3 is 2.87 bits per heavy atom. The first-order valence-corrected chi connectivity index (χ1v) is 6.76. The van der Waals surface area contributed by atoms with Crippen LogP contribution in [-0.4, -0.2) is 24.1 Å². The van der Waals surface area contributed by atoms with Crippen molar-refractivity contribution in [3.8, 4) is 0 Å². The Morgan fingerprint density at radius 2 is 2.20 bits per heavy atom. The third-order valence-corrected chi connectivity index (χ3v) is 4.37. The standard InChI is InChI=1S/C11H16ClNOS/c1-8-10(2-5-12)15-11(13-8)9-3-6-14-7-4-9/h9H,2-7H2,1H3. The van der Waals surface area contributed by atoms with E-state index in [-0.39, 0.29) is 0 Å². The number of alkyl halides is 1. The highest BCUT2D eigenvalue weighted by atomic mass is 35.5. The van der Waals surface area contributed by atoms with Crippen LogP contribution in [0.1, 0.15) is 34.3 Å². The molecule has 4 heteroatoms. The summed E-state index contributed by atoms with van der Waals surface area (Å²) in [6, 6.07) is 0. The number of thiazole rings is 1. The zero-order valence-corrected chi connectivity index (χ0v) is 10.5. The van der Waals surface area contributed by atoms with Crippen molar-refractivity contribution >= 4 is 22.9 Å². The molecule has 0 amide bonds. The summed E-state index contributed by atoms with van der Waals surface area (Å²) in [7, 11) is 0. The largest absolute Gasteiger partial charge is 0.381 e. The van der Waals surface area contributed by atoms with E-state index >= 15 is 0 Å². The Morgan fingerprint density at radius 1 is 1.47 bits per heavy atom. The number of hydrogen-bond acceptors (Lipinski definition) is 3. The molecule has 2 rings (SSSR count). The number of nitrogens with zero attached hydrogens (tertiary/aromatic N) is 1. The van der Waals surface area contributed by atoms with Crippen LogP contribution in [0.3, 0.4) is 0 Å². The quantitative estimate of drug-likeness (QED) is 0.764. The van der Waals surface area contributed by atoms with Gasteiger partial charge in [0.15, 0.2) is 0 Å². The molecule has 2 nitrogen and oxygen atoms in total. The smallest absolute Gasteiger partial charge is 0.0963 e. The van der Waals surface area contributed by atoms with Crippen LogP contribution in [0.15, 0.2) is 0 Å². The molecular weight excluding hydrogens is 230 g/mol. The van der Waals surface area contributed by atoms with E-state index < -0.39 is 0 Å². The van der Waals surface area contributed by atoms with Gasteiger partial charge in [-0.05, 0) is 26.2 Å². The molecule has 0 radical (unpaired) electrons. The fraction of sp³-hybridized carbons (Fsp3) is 0.727. The minimum atomic E-state index is 0.617. The molecule has 84 valence electrons. The molecule has 1 aliphatic heterocycles. The summed E-state index contributed by atoms with van der Waals surface area (Å²) >= 11 is 7.60. The first-order chi connectivity index (χ1) is 7.31. The summed E-state index contributed by atoms with van der Waals surface area (Å²) in [5.41, 5.74) is 1.17. The van der Waals surface area contributed by atoms with Crippen molar-refractivity contribution in [1.29, 1.82) is 0 Å². The van der Waals surface area contributed by atoms with Gasteiger partial charge in [0.25, 0.3) is 0 Å². The van der Waals surface area contributed by atoms with E-state index in [4.69, 9.17) is 16.3 Å². The summed E-state index contributed by atoms with van der Waals surface area (Å²) in [5.74, 6) is 1.31. The lowest BCUT2D eigenvalue weighted by molar-refractivity contribution is 0.0852. The molecule has 1 fully saturated rings. The highest BCUT2D eigenvalue weighted by molar-refractivity contribution is 7.11. The molecule has 0 spiro atoms. The number of aryl methyl sites for hydroxylation is 2. The maximum Gasteiger partial charge on any atom is 0.0963 e.